The Morgan fingerprint density at radius 2 is 1.82 bits per heavy atom. The van der Waals surface area contributed by atoms with E-state index in [2.05, 4.69) is 5.32 Å². The van der Waals surface area contributed by atoms with E-state index in [0.717, 1.165) is 12.8 Å². The summed E-state index contributed by atoms with van der Waals surface area (Å²) < 4.78 is 0. The second-order valence-corrected chi connectivity index (χ2v) is 4.17. The van der Waals surface area contributed by atoms with E-state index in [1.807, 2.05) is 20.8 Å². The zero-order valence-electron chi connectivity index (χ0n) is 10.7. The van der Waals surface area contributed by atoms with Crippen LogP contribution in [0.15, 0.2) is 0 Å². The van der Waals surface area contributed by atoms with Gasteiger partial charge in [0.05, 0.1) is 6.04 Å². The predicted molar refractivity (Wildman–Crippen MR) is 70.7 cm³/mol. The number of carbonyl (C=O) groups is 2. The first-order valence-corrected chi connectivity index (χ1v) is 5.79. The Morgan fingerprint density at radius 1 is 1.29 bits per heavy atom. The molecule has 2 amide bonds. The van der Waals surface area contributed by atoms with Gasteiger partial charge in [-0.05, 0) is 12.3 Å². The molecule has 0 aliphatic heterocycles. The number of amides is 2. The molecule has 0 fully saturated rings. The molecule has 5 N–H and O–H groups in total. The van der Waals surface area contributed by atoms with Crippen molar-refractivity contribution >= 4 is 24.2 Å². The minimum absolute atomic E-state index is 0. The van der Waals surface area contributed by atoms with Crippen molar-refractivity contribution in [3.8, 4) is 0 Å². The molecule has 0 aromatic rings. The maximum Gasteiger partial charge on any atom is 0.240 e. The van der Waals surface area contributed by atoms with Gasteiger partial charge < -0.3 is 16.8 Å². The van der Waals surface area contributed by atoms with Crippen molar-refractivity contribution in [3.05, 3.63) is 0 Å². The summed E-state index contributed by atoms with van der Waals surface area (Å²) in [5.41, 5.74) is 10.9. The van der Waals surface area contributed by atoms with E-state index < -0.39 is 18.0 Å². The van der Waals surface area contributed by atoms with E-state index in [1.165, 1.54) is 0 Å². The maximum absolute atomic E-state index is 11.6. The number of rotatable bonds is 7. The summed E-state index contributed by atoms with van der Waals surface area (Å²) in [4.78, 5) is 22.8. The first-order chi connectivity index (χ1) is 7.43. The molecular weight excluding hydrogens is 242 g/mol. The summed E-state index contributed by atoms with van der Waals surface area (Å²) in [6.45, 7) is 5.77. The summed E-state index contributed by atoms with van der Waals surface area (Å²) >= 11 is 0. The fourth-order valence-corrected chi connectivity index (χ4v) is 1.43. The van der Waals surface area contributed by atoms with Crippen molar-refractivity contribution in [1.29, 1.82) is 0 Å². The third-order valence-electron chi connectivity index (χ3n) is 2.75. The second-order valence-electron chi connectivity index (χ2n) is 4.17. The lowest BCUT2D eigenvalue weighted by atomic mass is 9.98. The fourth-order valence-electron chi connectivity index (χ4n) is 1.43. The largest absolute Gasteiger partial charge is 0.368 e. The highest BCUT2D eigenvalue weighted by Gasteiger charge is 2.25. The van der Waals surface area contributed by atoms with E-state index in [9.17, 15) is 9.59 Å². The van der Waals surface area contributed by atoms with Crippen molar-refractivity contribution in [2.75, 3.05) is 0 Å². The van der Waals surface area contributed by atoms with Crippen molar-refractivity contribution < 1.29 is 9.59 Å². The zero-order chi connectivity index (χ0) is 12.7. The van der Waals surface area contributed by atoms with Crippen LogP contribution in [0.2, 0.25) is 0 Å². The van der Waals surface area contributed by atoms with Gasteiger partial charge in [0.15, 0.2) is 0 Å². The molecule has 0 spiro atoms. The molecular formula is C11H24ClN3O2. The minimum Gasteiger partial charge on any atom is -0.368 e. The Bertz CT molecular complexity index is 249. The molecule has 0 aliphatic rings. The summed E-state index contributed by atoms with van der Waals surface area (Å²) in [5, 5.41) is 2.61. The molecule has 5 nitrogen and oxygen atoms in total. The molecule has 0 saturated heterocycles. The Hall–Kier alpha value is -0.810. The van der Waals surface area contributed by atoms with Gasteiger partial charge in [0.1, 0.15) is 6.04 Å². The average Bonchev–Trinajstić information content (AvgIpc) is 2.24. The number of primary amides is 1. The van der Waals surface area contributed by atoms with Crippen LogP contribution in [0, 0.1) is 5.92 Å². The van der Waals surface area contributed by atoms with E-state index in [-0.39, 0.29) is 24.2 Å². The molecule has 0 radical (unpaired) electrons. The maximum atomic E-state index is 11.6. The highest BCUT2D eigenvalue weighted by atomic mass is 35.5. The van der Waals surface area contributed by atoms with Crippen LogP contribution < -0.4 is 16.8 Å². The fraction of sp³-hybridized carbons (Fsp3) is 0.818. The van der Waals surface area contributed by atoms with Gasteiger partial charge in [-0.15, -0.1) is 12.4 Å². The Morgan fingerprint density at radius 3 is 2.18 bits per heavy atom. The van der Waals surface area contributed by atoms with E-state index in [0.29, 0.717) is 6.42 Å². The lowest BCUT2D eigenvalue weighted by molar-refractivity contribution is -0.129. The summed E-state index contributed by atoms with van der Waals surface area (Å²) in [5.74, 6) is -0.785. The van der Waals surface area contributed by atoms with Crippen molar-refractivity contribution in [3.63, 3.8) is 0 Å². The molecule has 0 rings (SSSR count). The van der Waals surface area contributed by atoms with Gasteiger partial charge in [-0.1, -0.05) is 33.6 Å². The first-order valence-electron chi connectivity index (χ1n) is 5.79. The number of hydrogen-bond acceptors (Lipinski definition) is 3. The van der Waals surface area contributed by atoms with Crippen LogP contribution in [0.5, 0.6) is 0 Å². The van der Waals surface area contributed by atoms with Gasteiger partial charge in [-0.2, -0.15) is 0 Å². The van der Waals surface area contributed by atoms with E-state index in [1.54, 1.807) is 0 Å². The normalized spacial score (nSPS) is 15.3. The Balaban J connectivity index is 0. The summed E-state index contributed by atoms with van der Waals surface area (Å²) in [6, 6.07) is -1.18. The molecule has 0 saturated carbocycles. The van der Waals surface area contributed by atoms with Gasteiger partial charge in [0.25, 0.3) is 0 Å². The quantitative estimate of drug-likeness (QED) is 0.627. The van der Waals surface area contributed by atoms with E-state index in [4.69, 9.17) is 11.5 Å². The van der Waals surface area contributed by atoms with Crippen LogP contribution in [0.3, 0.4) is 0 Å². The molecule has 1 unspecified atom stereocenters. The molecule has 6 heteroatoms. The summed E-state index contributed by atoms with van der Waals surface area (Å²) in [6.07, 6.45) is 2.22. The number of halogens is 1. The van der Waals surface area contributed by atoms with Crippen LogP contribution in [0.4, 0.5) is 0 Å². The minimum atomic E-state index is -0.625. The van der Waals surface area contributed by atoms with Crippen molar-refractivity contribution in [2.24, 2.45) is 17.4 Å². The number of hydrogen-bond donors (Lipinski definition) is 3. The number of nitrogens with one attached hydrogen (secondary N) is 1. The summed E-state index contributed by atoms with van der Waals surface area (Å²) in [7, 11) is 0. The second kappa shape index (κ2) is 9.24. The van der Waals surface area contributed by atoms with Crippen molar-refractivity contribution in [1.82, 2.24) is 5.32 Å². The van der Waals surface area contributed by atoms with Gasteiger partial charge in [-0.25, -0.2) is 0 Å². The third kappa shape index (κ3) is 6.48. The van der Waals surface area contributed by atoms with Gasteiger partial charge >= 0.3 is 0 Å². The molecule has 102 valence electrons. The Kier molecular flexibility index (Phi) is 10.1. The standard InChI is InChI=1S/C11H23N3O2.ClH/c1-4-6-8(12)11(16)14-9(10(13)15)7(3)5-2;/h7-9H,4-6,12H2,1-3H3,(H2,13,15)(H,14,16);1H/t7?,8-,9-;/m0./s1. The van der Waals surface area contributed by atoms with Gasteiger partial charge in [-0.3, -0.25) is 9.59 Å². The average molecular weight is 266 g/mol. The lowest BCUT2D eigenvalue weighted by Gasteiger charge is -2.22. The smallest absolute Gasteiger partial charge is 0.240 e. The molecule has 17 heavy (non-hydrogen) atoms. The highest BCUT2D eigenvalue weighted by molar-refractivity contribution is 5.89. The zero-order valence-corrected chi connectivity index (χ0v) is 11.5. The molecule has 0 aromatic carbocycles. The molecule has 0 bridgehead atoms. The molecule has 0 aliphatic carbocycles. The van der Waals surface area contributed by atoms with E-state index >= 15 is 0 Å². The number of carbonyl (C=O) groups excluding carboxylic acids is 2. The van der Waals surface area contributed by atoms with Crippen LogP contribution in [0.1, 0.15) is 40.0 Å². The molecule has 0 heterocycles. The third-order valence-corrected chi connectivity index (χ3v) is 2.75. The first kappa shape index (κ1) is 18.6. The topological polar surface area (TPSA) is 98.2 Å². The van der Waals surface area contributed by atoms with Crippen LogP contribution in [-0.4, -0.2) is 23.9 Å². The van der Waals surface area contributed by atoms with Crippen LogP contribution in [0.25, 0.3) is 0 Å². The predicted octanol–water partition coefficient (Wildman–Crippen LogP) is 0.552. The van der Waals surface area contributed by atoms with Crippen molar-refractivity contribution in [2.45, 2.75) is 52.1 Å². The van der Waals surface area contributed by atoms with Gasteiger partial charge in [0.2, 0.25) is 11.8 Å². The Labute approximate surface area is 109 Å². The lowest BCUT2D eigenvalue weighted by Crippen LogP contribution is -2.52. The van der Waals surface area contributed by atoms with Crippen LogP contribution in [-0.2, 0) is 9.59 Å². The van der Waals surface area contributed by atoms with Gasteiger partial charge in [0, 0.05) is 0 Å². The highest BCUT2D eigenvalue weighted by Crippen LogP contribution is 2.07. The molecule has 3 atom stereocenters. The monoisotopic (exact) mass is 265 g/mol. The molecule has 0 aromatic heterocycles. The number of nitrogens with two attached hydrogens (primary N) is 2. The van der Waals surface area contributed by atoms with Crippen LogP contribution >= 0.6 is 12.4 Å². The SMILES string of the molecule is CCC[C@H](N)C(=O)N[C@H](C(N)=O)C(C)CC.Cl.